The van der Waals surface area contributed by atoms with E-state index in [2.05, 4.69) is 96.0 Å². The zero-order valence-corrected chi connectivity index (χ0v) is 32.4. The molecule has 0 aromatic heterocycles. The van der Waals surface area contributed by atoms with Gasteiger partial charge in [0.2, 0.25) is 0 Å². The van der Waals surface area contributed by atoms with Crippen molar-refractivity contribution in [3.05, 3.63) is 100 Å². The molecule has 272 valence electrons. The standard InChI is InChI=1S/C37H40N4O2S.C4H10O.CH4O/c1-24-10-12-27(13-11-24)34-26(3)35-32-22-29(15-14-28(32)23-41(44-5)36(35)25(2)30(34)16-21-42)38-37(43)31-8-6-7-9-33(31)40-19-17-39(4)18-20-40;1-4(2,3)5;1-2/h6-15,21-22H,16-20,23H2,1-5H3,(H,38,43);5H,1-3H3;2H,1H3. The molecule has 0 atom stereocenters. The molecule has 1 saturated heterocycles. The third kappa shape index (κ3) is 9.40. The summed E-state index contributed by atoms with van der Waals surface area (Å²) in [6, 6.07) is 22.8. The molecule has 0 aliphatic carbocycles. The van der Waals surface area contributed by atoms with Crippen molar-refractivity contribution < 1.29 is 19.8 Å². The van der Waals surface area contributed by atoms with Gasteiger partial charge in [-0.25, -0.2) is 0 Å². The number of aliphatic hydroxyl groups excluding tert-OH is 1. The molecule has 0 spiro atoms. The van der Waals surface area contributed by atoms with Gasteiger partial charge < -0.3 is 34.4 Å². The first-order valence-corrected chi connectivity index (χ1v) is 18.6. The van der Waals surface area contributed by atoms with E-state index in [0.29, 0.717) is 12.0 Å². The highest BCUT2D eigenvalue weighted by molar-refractivity contribution is 7.99. The number of hydrogen-bond acceptors (Lipinski definition) is 8. The van der Waals surface area contributed by atoms with E-state index in [4.69, 9.17) is 10.2 Å². The van der Waals surface area contributed by atoms with E-state index < -0.39 is 5.60 Å². The molecule has 1 amide bonds. The smallest absolute Gasteiger partial charge is 0.257 e. The normalized spacial score (nSPS) is 13.9. The largest absolute Gasteiger partial charge is 0.400 e. The number of benzene rings is 4. The Morgan fingerprint density at radius 1 is 0.902 bits per heavy atom. The van der Waals surface area contributed by atoms with Crippen LogP contribution in [-0.4, -0.2) is 79.5 Å². The number of hydrogen-bond donors (Lipinski definition) is 3. The summed E-state index contributed by atoms with van der Waals surface area (Å²) in [4.78, 5) is 30.3. The predicted molar refractivity (Wildman–Crippen MR) is 215 cm³/mol. The number of nitrogens with one attached hydrogen (secondary N) is 1. The van der Waals surface area contributed by atoms with Crippen molar-refractivity contribution in [3.63, 3.8) is 0 Å². The second kappa shape index (κ2) is 17.4. The van der Waals surface area contributed by atoms with Gasteiger partial charge in [0.05, 0.1) is 23.4 Å². The average Bonchev–Trinajstić information content (AvgIpc) is 3.11. The van der Waals surface area contributed by atoms with Gasteiger partial charge in [-0.05, 0) is 112 Å². The van der Waals surface area contributed by atoms with E-state index in [1.54, 1.807) is 32.7 Å². The van der Waals surface area contributed by atoms with E-state index in [1.807, 2.05) is 24.3 Å². The molecule has 8 nitrogen and oxygen atoms in total. The van der Waals surface area contributed by atoms with Gasteiger partial charge in [-0.1, -0.05) is 60.0 Å². The minimum absolute atomic E-state index is 0.101. The van der Waals surface area contributed by atoms with Crippen LogP contribution in [0.3, 0.4) is 0 Å². The summed E-state index contributed by atoms with van der Waals surface area (Å²) in [5.74, 6) is -0.101. The number of para-hydroxylation sites is 1. The van der Waals surface area contributed by atoms with Crippen molar-refractivity contribution in [2.45, 2.75) is 60.1 Å². The Balaban J connectivity index is 0.000000768. The second-order valence-electron chi connectivity index (χ2n) is 14.1. The van der Waals surface area contributed by atoms with Gasteiger partial charge in [0, 0.05) is 62.9 Å². The molecule has 0 bridgehead atoms. The van der Waals surface area contributed by atoms with Crippen molar-refractivity contribution in [1.82, 2.24) is 4.90 Å². The first-order valence-electron chi connectivity index (χ1n) is 17.4. The van der Waals surface area contributed by atoms with Crippen molar-refractivity contribution in [1.29, 1.82) is 0 Å². The lowest BCUT2D eigenvalue weighted by Gasteiger charge is -2.36. The highest BCUT2D eigenvalue weighted by atomic mass is 32.2. The molecule has 6 rings (SSSR count). The maximum absolute atomic E-state index is 13.8. The molecule has 4 aromatic carbocycles. The Hall–Kier alpha value is -4.15. The summed E-state index contributed by atoms with van der Waals surface area (Å²) in [5, 5.41) is 18.8. The SMILES string of the molecule is CC(C)(C)O.CO.CSN1Cc2ccc(NC(=O)c3ccccc3N3CCN(C)CC3)cc2-c2c(C)c(-c3ccc(C)cc3)c(CC=O)c(C)c21. The quantitative estimate of drug-likeness (QED) is 0.133. The summed E-state index contributed by atoms with van der Waals surface area (Å²) < 4.78 is 2.33. The van der Waals surface area contributed by atoms with E-state index >= 15 is 0 Å². The van der Waals surface area contributed by atoms with Crippen LogP contribution in [0.4, 0.5) is 17.1 Å². The lowest BCUT2D eigenvalue weighted by atomic mass is 9.81. The van der Waals surface area contributed by atoms with E-state index in [-0.39, 0.29) is 5.91 Å². The third-order valence-corrected chi connectivity index (χ3v) is 9.89. The van der Waals surface area contributed by atoms with Crippen LogP contribution in [0.1, 0.15) is 58.9 Å². The summed E-state index contributed by atoms with van der Waals surface area (Å²) in [6.45, 7) is 16.1. The highest BCUT2D eigenvalue weighted by Crippen LogP contribution is 2.50. The molecule has 2 aliphatic heterocycles. The van der Waals surface area contributed by atoms with Crippen LogP contribution in [0, 0.1) is 20.8 Å². The minimum atomic E-state index is -0.500. The molecule has 0 saturated carbocycles. The monoisotopic (exact) mass is 710 g/mol. The lowest BCUT2D eigenvalue weighted by Crippen LogP contribution is -2.45. The van der Waals surface area contributed by atoms with E-state index in [0.717, 1.165) is 102 Å². The third-order valence-electron chi connectivity index (χ3n) is 9.14. The van der Waals surface area contributed by atoms with Crippen molar-refractivity contribution in [2.75, 3.05) is 61.1 Å². The number of carbonyl (C=O) groups excluding carboxylic acids is 2. The molecule has 2 heterocycles. The fourth-order valence-corrected chi connectivity index (χ4v) is 7.42. The summed E-state index contributed by atoms with van der Waals surface area (Å²) in [7, 11) is 3.14. The van der Waals surface area contributed by atoms with Crippen LogP contribution in [0.25, 0.3) is 22.3 Å². The minimum Gasteiger partial charge on any atom is -0.400 e. The highest BCUT2D eigenvalue weighted by Gasteiger charge is 2.30. The van der Waals surface area contributed by atoms with Gasteiger partial charge in [0.25, 0.3) is 5.91 Å². The Labute approximate surface area is 308 Å². The van der Waals surface area contributed by atoms with Crippen LogP contribution in [0.5, 0.6) is 0 Å². The topological polar surface area (TPSA) is 96.3 Å². The number of aryl methyl sites for hydroxylation is 1. The van der Waals surface area contributed by atoms with Crippen molar-refractivity contribution >= 4 is 41.2 Å². The number of carbonyl (C=O) groups is 2. The van der Waals surface area contributed by atoms with Gasteiger partial charge in [-0.15, -0.1) is 0 Å². The molecular formula is C42H54N4O4S. The second-order valence-corrected chi connectivity index (χ2v) is 14.9. The van der Waals surface area contributed by atoms with Crippen LogP contribution in [0.15, 0.2) is 66.7 Å². The summed E-state index contributed by atoms with van der Waals surface area (Å²) in [5.41, 5.74) is 13.4. The number of amides is 1. The van der Waals surface area contributed by atoms with Crippen LogP contribution in [-0.2, 0) is 17.8 Å². The maximum Gasteiger partial charge on any atom is 0.257 e. The van der Waals surface area contributed by atoms with Gasteiger partial charge in [-0.2, -0.15) is 0 Å². The predicted octanol–water partition coefficient (Wildman–Crippen LogP) is 7.68. The number of fused-ring (bicyclic) bond motifs is 3. The Kier molecular flexibility index (Phi) is 13.5. The number of rotatable bonds is 7. The van der Waals surface area contributed by atoms with Crippen molar-refractivity contribution in [3.8, 4) is 22.3 Å². The summed E-state index contributed by atoms with van der Waals surface area (Å²) in [6.07, 6.45) is 3.48. The molecule has 0 radical (unpaired) electrons. The zero-order valence-electron chi connectivity index (χ0n) is 31.6. The fraction of sp³-hybridized carbons (Fsp3) is 0.381. The molecule has 2 aliphatic rings. The number of likely N-dealkylation sites (N-methyl/N-ethyl adjacent to an activating group) is 1. The average molecular weight is 711 g/mol. The Bertz CT molecular complexity index is 1820. The number of aldehydes is 1. The first kappa shape index (κ1) is 39.6. The lowest BCUT2D eigenvalue weighted by molar-refractivity contribution is -0.107. The van der Waals surface area contributed by atoms with E-state index in [1.165, 1.54) is 11.1 Å². The van der Waals surface area contributed by atoms with Gasteiger partial charge in [-0.3, -0.25) is 4.79 Å². The van der Waals surface area contributed by atoms with Gasteiger partial charge in [0.1, 0.15) is 6.29 Å². The first-order chi connectivity index (χ1) is 24.3. The molecule has 1 fully saturated rings. The van der Waals surface area contributed by atoms with Crippen LogP contribution >= 0.6 is 11.9 Å². The zero-order chi connectivity index (χ0) is 37.5. The van der Waals surface area contributed by atoms with Crippen LogP contribution in [0.2, 0.25) is 0 Å². The molecule has 9 heteroatoms. The number of aliphatic hydroxyl groups is 2. The number of piperazine rings is 1. The van der Waals surface area contributed by atoms with E-state index in [9.17, 15) is 9.59 Å². The van der Waals surface area contributed by atoms with Gasteiger partial charge >= 0.3 is 0 Å². The number of nitrogens with zero attached hydrogens (tertiary/aromatic N) is 3. The van der Waals surface area contributed by atoms with Gasteiger partial charge in [0.15, 0.2) is 0 Å². The molecule has 4 aromatic rings. The van der Waals surface area contributed by atoms with Crippen LogP contribution < -0.4 is 14.5 Å². The fourth-order valence-electron chi connectivity index (χ4n) is 6.74. The molecule has 3 N–H and O–H groups in total. The molecule has 51 heavy (non-hydrogen) atoms. The molecular weight excluding hydrogens is 657 g/mol. The molecule has 0 unspecified atom stereocenters. The van der Waals surface area contributed by atoms with Crippen molar-refractivity contribution in [2.24, 2.45) is 0 Å². The Morgan fingerprint density at radius 3 is 2.14 bits per heavy atom. The summed E-state index contributed by atoms with van der Waals surface area (Å²) >= 11 is 1.70. The number of anilines is 3. The maximum atomic E-state index is 13.8. The Morgan fingerprint density at radius 2 is 1.53 bits per heavy atom.